The van der Waals surface area contributed by atoms with Crippen molar-refractivity contribution in [3.05, 3.63) is 30.3 Å². The number of halogens is 1. The van der Waals surface area contributed by atoms with Crippen molar-refractivity contribution in [3.63, 3.8) is 0 Å². The van der Waals surface area contributed by atoms with Gasteiger partial charge in [0.2, 0.25) is 0 Å². The number of benzene rings is 1. The summed E-state index contributed by atoms with van der Waals surface area (Å²) in [5.74, 6) is -0.281. The maximum atomic E-state index is 14.3. The SMILES string of the molecule is CC(C)OC(=O)[C@@H](C)N[P@](=O)(OC[C@@H]1C[C@@](C)(F)[C@H](C)O1)Oc1ccccc1. The molecule has 0 saturated carbocycles. The van der Waals surface area contributed by atoms with Crippen LogP contribution in [0.25, 0.3) is 0 Å². The Balaban J connectivity index is 2.07. The number of hydrogen-bond acceptors (Lipinski definition) is 6. The van der Waals surface area contributed by atoms with Crippen molar-refractivity contribution in [1.29, 1.82) is 0 Å². The van der Waals surface area contributed by atoms with Crippen molar-refractivity contribution in [1.82, 2.24) is 5.09 Å². The molecule has 1 heterocycles. The molecule has 0 unspecified atom stereocenters. The van der Waals surface area contributed by atoms with Gasteiger partial charge >= 0.3 is 13.7 Å². The van der Waals surface area contributed by atoms with Crippen molar-refractivity contribution in [2.75, 3.05) is 6.61 Å². The molecule has 7 nitrogen and oxygen atoms in total. The molecule has 1 aliphatic rings. The molecule has 1 N–H and O–H groups in total. The first kappa shape index (κ1) is 22.8. The number of carbonyl (C=O) groups is 1. The number of carbonyl (C=O) groups excluding carboxylic acids is 1. The van der Waals surface area contributed by atoms with Crippen LogP contribution in [0.4, 0.5) is 4.39 Å². The molecule has 0 spiro atoms. The smallest absolute Gasteiger partial charge is 0.459 e. The average Bonchev–Trinajstić information content (AvgIpc) is 2.86. The van der Waals surface area contributed by atoms with Crippen LogP contribution in [0.5, 0.6) is 5.75 Å². The molecule has 9 heteroatoms. The fourth-order valence-electron chi connectivity index (χ4n) is 2.70. The lowest BCUT2D eigenvalue weighted by molar-refractivity contribution is -0.149. The summed E-state index contributed by atoms with van der Waals surface area (Å²) >= 11 is 0. The van der Waals surface area contributed by atoms with Gasteiger partial charge in [-0.3, -0.25) is 9.32 Å². The van der Waals surface area contributed by atoms with E-state index in [1.165, 1.54) is 13.8 Å². The van der Waals surface area contributed by atoms with Gasteiger partial charge in [0.15, 0.2) is 0 Å². The third-order valence-corrected chi connectivity index (χ3v) is 5.97. The summed E-state index contributed by atoms with van der Waals surface area (Å²) in [4.78, 5) is 12.1. The zero-order valence-electron chi connectivity index (χ0n) is 16.9. The van der Waals surface area contributed by atoms with Crippen molar-refractivity contribution in [2.24, 2.45) is 0 Å². The summed E-state index contributed by atoms with van der Waals surface area (Å²) in [5.41, 5.74) is -1.49. The van der Waals surface area contributed by atoms with Crippen LogP contribution < -0.4 is 9.61 Å². The number of esters is 1. The molecule has 0 bridgehead atoms. The topological polar surface area (TPSA) is 83.1 Å². The predicted molar refractivity (Wildman–Crippen MR) is 103 cm³/mol. The van der Waals surface area contributed by atoms with Crippen molar-refractivity contribution in [2.45, 2.75) is 71.1 Å². The fourth-order valence-corrected chi connectivity index (χ4v) is 4.23. The van der Waals surface area contributed by atoms with Crippen LogP contribution in [0.2, 0.25) is 0 Å². The minimum absolute atomic E-state index is 0.116. The first-order chi connectivity index (χ1) is 13.0. The summed E-state index contributed by atoms with van der Waals surface area (Å²) in [5, 5.41) is 2.59. The monoisotopic (exact) mass is 417 g/mol. The van der Waals surface area contributed by atoms with Gasteiger partial charge in [-0.25, -0.2) is 8.96 Å². The molecule has 1 saturated heterocycles. The summed E-state index contributed by atoms with van der Waals surface area (Å²) in [6, 6.07) is 7.50. The van der Waals surface area contributed by atoms with E-state index in [0.29, 0.717) is 5.75 Å². The molecule has 1 aliphatic heterocycles. The van der Waals surface area contributed by atoms with Crippen LogP contribution in [-0.4, -0.2) is 42.6 Å². The maximum absolute atomic E-state index is 14.3. The normalized spacial score (nSPS) is 28.0. The highest BCUT2D eigenvalue weighted by Gasteiger charge is 2.44. The van der Waals surface area contributed by atoms with Crippen LogP contribution in [0.15, 0.2) is 30.3 Å². The molecule has 158 valence electrons. The van der Waals surface area contributed by atoms with Gasteiger partial charge in [0, 0.05) is 6.42 Å². The van der Waals surface area contributed by atoms with E-state index in [1.54, 1.807) is 51.1 Å². The van der Waals surface area contributed by atoms with E-state index < -0.39 is 37.6 Å². The second-order valence-electron chi connectivity index (χ2n) is 7.42. The molecule has 5 atom stereocenters. The van der Waals surface area contributed by atoms with E-state index in [0.717, 1.165) is 0 Å². The number of rotatable bonds is 9. The summed E-state index contributed by atoms with van der Waals surface area (Å²) < 4.78 is 49.3. The quantitative estimate of drug-likeness (QED) is 0.480. The van der Waals surface area contributed by atoms with E-state index >= 15 is 0 Å². The minimum atomic E-state index is -3.96. The average molecular weight is 417 g/mol. The Kier molecular flexibility index (Phi) is 7.62. The summed E-state index contributed by atoms with van der Waals surface area (Å²) in [6.45, 7) is 7.89. The van der Waals surface area contributed by atoms with Gasteiger partial charge in [-0.15, -0.1) is 0 Å². The zero-order valence-corrected chi connectivity index (χ0v) is 17.8. The highest BCUT2D eigenvalue weighted by atomic mass is 31.2. The van der Waals surface area contributed by atoms with Crippen LogP contribution in [-0.2, 0) is 23.4 Å². The fraction of sp³-hybridized carbons (Fsp3) is 0.632. The molecule has 28 heavy (non-hydrogen) atoms. The van der Waals surface area contributed by atoms with E-state index in [2.05, 4.69) is 5.09 Å². The molecule has 0 radical (unpaired) electrons. The maximum Gasteiger partial charge on any atom is 0.459 e. The Morgan fingerprint density at radius 3 is 2.54 bits per heavy atom. The van der Waals surface area contributed by atoms with Crippen molar-refractivity contribution in [3.8, 4) is 5.75 Å². The molecule has 1 aromatic rings. The van der Waals surface area contributed by atoms with Gasteiger partial charge < -0.3 is 14.0 Å². The standard InChI is InChI=1S/C19H29FNO6P/c1-13(2)25-18(22)14(3)21-28(23,27-16-9-7-6-8-10-16)24-12-17-11-19(5,20)15(4)26-17/h6-10,13-15,17H,11-12H2,1-5H3,(H,21,23)/t14-,15+,17+,19-,28+/m1/s1. The van der Waals surface area contributed by atoms with Gasteiger partial charge in [-0.05, 0) is 46.8 Å². The van der Waals surface area contributed by atoms with Crippen molar-refractivity contribution >= 4 is 13.7 Å². The van der Waals surface area contributed by atoms with Crippen molar-refractivity contribution < 1.29 is 32.3 Å². The van der Waals surface area contributed by atoms with Gasteiger partial charge in [0.05, 0.1) is 24.9 Å². The number of nitrogens with one attached hydrogen (secondary N) is 1. The lowest BCUT2D eigenvalue weighted by Crippen LogP contribution is -2.36. The Hall–Kier alpha value is -1.47. The zero-order chi connectivity index (χ0) is 20.9. The number of ether oxygens (including phenoxy) is 2. The van der Waals surface area contributed by atoms with Crippen LogP contribution in [0.3, 0.4) is 0 Å². The highest BCUT2D eigenvalue weighted by molar-refractivity contribution is 7.52. The summed E-state index contributed by atoms with van der Waals surface area (Å²) in [7, 11) is -3.96. The second-order valence-corrected chi connectivity index (χ2v) is 9.11. The lowest BCUT2D eigenvalue weighted by Gasteiger charge is -2.24. The minimum Gasteiger partial charge on any atom is -0.462 e. The number of hydrogen-bond donors (Lipinski definition) is 1. The van der Waals surface area contributed by atoms with Gasteiger partial charge in [0.25, 0.3) is 0 Å². The Morgan fingerprint density at radius 2 is 2.00 bits per heavy atom. The van der Waals surface area contributed by atoms with E-state index in [1.807, 2.05) is 0 Å². The molecule has 1 fully saturated rings. The highest BCUT2D eigenvalue weighted by Crippen LogP contribution is 2.46. The van der Waals surface area contributed by atoms with Gasteiger partial charge in [-0.2, -0.15) is 5.09 Å². The van der Waals surface area contributed by atoms with Crippen LogP contribution in [0, 0.1) is 0 Å². The predicted octanol–water partition coefficient (Wildman–Crippen LogP) is 4.03. The second kappa shape index (κ2) is 9.35. The van der Waals surface area contributed by atoms with Gasteiger partial charge in [0.1, 0.15) is 17.5 Å². The van der Waals surface area contributed by atoms with Gasteiger partial charge in [-0.1, -0.05) is 18.2 Å². The first-order valence-electron chi connectivity index (χ1n) is 9.32. The van der Waals surface area contributed by atoms with E-state index in [-0.39, 0.29) is 19.1 Å². The Bertz CT molecular complexity index is 699. The Labute approximate surface area is 165 Å². The number of alkyl halides is 1. The molecular weight excluding hydrogens is 388 g/mol. The van der Waals surface area contributed by atoms with E-state index in [9.17, 15) is 13.8 Å². The third kappa shape index (κ3) is 6.55. The molecule has 0 amide bonds. The molecule has 0 aromatic heterocycles. The molecule has 0 aliphatic carbocycles. The van der Waals surface area contributed by atoms with E-state index in [4.69, 9.17) is 18.5 Å². The largest absolute Gasteiger partial charge is 0.462 e. The molecular formula is C19H29FNO6P. The number of para-hydroxylation sites is 1. The Morgan fingerprint density at radius 1 is 1.36 bits per heavy atom. The summed E-state index contributed by atoms with van der Waals surface area (Å²) in [6.07, 6.45) is -1.37. The first-order valence-corrected chi connectivity index (χ1v) is 10.9. The molecule has 2 rings (SSSR count). The molecule has 1 aromatic carbocycles. The van der Waals surface area contributed by atoms with Crippen LogP contribution in [0.1, 0.15) is 41.0 Å². The third-order valence-electron chi connectivity index (χ3n) is 4.33. The lowest BCUT2D eigenvalue weighted by atomic mass is 10.00. The van der Waals surface area contributed by atoms with Crippen LogP contribution >= 0.6 is 7.75 Å².